The number of halogens is 2. The van der Waals surface area contributed by atoms with Crippen molar-refractivity contribution in [2.24, 2.45) is 0 Å². The Morgan fingerprint density at radius 3 is 2.80 bits per heavy atom. The van der Waals surface area contributed by atoms with Crippen LogP contribution in [0.4, 0.5) is 10.2 Å². The highest BCUT2D eigenvalue weighted by atomic mass is 35.5. The summed E-state index contributed by atoms with van der Waals surface area (Å²) in [6.45, 7) is 0. The zero-order valence-electron chi connectivity index (χ0n) is 10.7. The van der Waals surface area contributed by atoms with E-state index in [1.54, 1.807) is 31.6 Å². The lowest BCUT2D eigenvalue weighted by Crippen LogP contribution is -2.01. The van der Waals surface area contributed by atoms with Gasteiger partial charge in [-0.15, -0.1) is 22.6 Å². The highest BCUT2D eigenvalue weighted by Crippen LogP contribution is 2.15. The second kappa shape index (κ2) is 5.83. The minimum absolute atomic E-state index is 0. The second-order valence-corrected chi connectivity index (χ2v) is 4.10. The zero-order chi connectivity index (χ0) is 13.2. The molecular formula is C13H13ClFN5. The van der Waals surface area contributed by atoms with E-state index in [9.17, 15) is 4.39 Å². The van der Waals surface area contributed by atoms with Crippen LogP contribution in [0.5, 0.6) is 0 Å². The van der Waals surface area contributed by atoms with Gasteiger partial charge in [0.25, 0.3) is 0 Å². The van der Waals surface area contributed by atoms with Gasteiger partial charge in [-0.3, -0.25) is 4.40 Å². The van der Waals surface area contributed by atoms with Crippen molar-refractivity contribution in [3.8, 4) is 0 Å². The van der Waals surface area contributed by atoms with Gasteiger partial charge < -0.3 is 5.32 Å². The Labute approximate surface area is 121 Å². The number of nitrogens with zero attached hydrogens (tertiary/aromatic N) is 4. The molecule has 0 saturated heterocycles. The molecule has 5 nitrogen and oxygen atoms in total. The van der Waals surface area contributed by atoms with Gasteiger partial charge in [0.2, 0.25) is 5.65 Å². The molecule has 1 aromatic carbocycles. The number of hydrogen-bond donors (Lipinski definition) is 1. The Kier molecular flexibility index (Phi) is 4.14. The fourth-order valence-corrected chi connectivity index (χ4v) is 1.98. The van der Waals surface area contributed by atoms with E-state index >= 15 is 0 Å². The SMILES string of the molecule is CNc1nccn2c(Cc3ccccc3F)nnc12.Cl. The molecule has 7 heteroatoms. The lowest BCUT2D eigenvalue weighted by atomic mass is 10.1. The summed E-state index contributed by atoms with van der Waals surface area (Å²) in [4.78, 5) is 4.15. The summed E-state index contributed by atoms with van der Waals surface area (Å²) in [5.74, 6) is 1.09. The Morgan fingerprint density at radius 2 is 2.05 bits per heavy atom. The molecule has 0 aliphatic rings. The molecule has 3 rings (SSSR count). The van der Waals surface area contributed by atoms with Crippen molar-refractivity contribution in [2.45, 2.75) is 6.42 Å². The monoisotopic (exact) mass is 293 g/mol. The van der Waals surface area contributed by atoms with E-state index in [0.717, 1.165) is 0 Å². The van der Waals surface area contributed by atoms with Crippen LogP contribution < -0.4 is 5.32 Å². The highest BCUT2D eigenvalue weighted by molar-refractivity contribution is 5.85. The first kappa shape index (κ1) is 14.2. The van der Waals surface area contributed by atoms with Crippen molar-refractivity contribution >= 4 is 23.9 Å². The van der Waals surface area contributed by atoms with Crippen molar-refractivity contribution < 1.29 is 4.39 Å². The molecule has 0 aliphatic carbocycles. The van der Waals surface area contributed by atoms with Crippen LogP contribution >= 0.6 is 12.4 Å². The molecule has 0 bridgehead atoms. The number of aromatic nitrogens is 4. The Hall–Kier alpha value is -2.21. The van der Waals surface area contributed by atoms with Gasteiger partial charge in [-0.1, -0.05) is 18.2 Å². The van der Waals surface area contributed by atoms with Crippen molar-refractivity contribution in [3.05, 3.63) is 53.9 Å². The van der Waals surface area contributed by atoms with Crippen LogP contribution in [0.2, 0.25) is 0 Å². The molecule has 2 heterocycles. The molecule has 0 unspecified atom stereocenters. The van der Waals surface area contributed by atoms with E-state index < -0.39 is 0 Å². The van der Waals surface area contributed by atoms with Crippen LogP contribution in [-0.2, 0) is 6.42 Å². The minimum atomic E-state index is -0.234. The van der Waals surface area contributed by atoms with Gasteiger partial charge in [0, 0.05) is 25.9 Å². The molecule has 104 valence electrons. The Balaban J connectivity index is 0.00000147. The third-order valence-electron chi connectivity index (χ3n) is 2.94. The lowest BCUT2D eigenvalue weighted by Gasteiger charge is -2.03. The van der Waals surface area contributed by atoms with Crippen LogP contribution in [0, 0.1) is 5.82 Å². The van der Waals surface area contributed by atoms with Gasteiger partial charge in [-0.25, -0.2) is 9.37 Å². The average molecular weight is 294 g/mol. The number of nitrogens with one attached hydrogen (secondary N) is 1. The van der Waals surface area contributed by atoms with Crippen LogP contribution in [0.3, 0.4) is 0 Å². The van der Waals surface area contributed by atoms with Gasteiger partial charge in [0.05, 0.1) is 0 Å². The maximum absolute atomic E-state index is 13.6. The molecule has 3 aromatic rings. The molecule has 0 radical (unpaired) electrons. The molecule has 1 N–H and O–H groups in total. The summed E-state index contributed by atoms with van der Waals surface area (Å²) in [6.07, 6.45) is 3.82. The maximum atomic E-state index is 13.6. The Bertz CT molecular complexity index is 728. The first-order valence-corrected chi connectivity index (χ1v) is 5.89. The fourth-order valence-electron chi connectivity index (χ4n) is 1.98. The van der Waals surface area contributed by atoms with E-state index in [4.69, 9.17) is 0 Å². The van der Waals surface area contributed by atoms with Crippen LogP contribution in [0.15, 0.2) is 36.7 Å². The van der Waals surface area contributed by atoms with Crippen molar-refractivity contribution in [1.82, 2.24) is 19.6 Å². The van der Waals surface area contributed by atoms with Crippen molar-refractivity contribution in [3.63, 3.8) is 0 Å². The van der Waals surface area contributed by atoms with E-state index in [2.05, 4.69) is 20.5 Å². The van der Waals surface area contributed by atoms with Crippen molar-refractivity contribution in [2.75, 3.05) is 12.4 Å². The average Bonchev–Trinajstić information content (AvgIpc) is 2.84. The zero-order valence-corrected chi connectivity index (χ0v) is 11.6. The summed E-state index contributed by atoms with van der Waals surface area (Å²) >= 11 is 0. The number of benzene rings is 1. The van der Waals surface area contributed by atoms with Gasteiger partial charge >= 0.3 is 0 Å². The first-order chi connectivity index (χ1) is 9.29. The molecule has 0 spiro atoms. The third kappa shape index (κ3) is 2.42. The third-order valence-corrected chi connectivity index (χ3v) is 2.94. The molecule has 0 fully saturated rings. The number of hydrogen-bond acceptors (Lipinski definition) is 4. The van der Waals surface area contributed by atoms with Gasteiger partial charge in [-0.05, 0) is 11.6 Å². The van der Waals surface area contributed by atoms with E-state index in [0.29, 0.717) is 29.3 Å². The summed E-state index contributed by atoms with van der Waals surface area (Å²) in [6, 6.07) is 6.67. The summed E-state index contributed by atoms with van der Waals surface area (Å²) in [7, 11) is 1.77. The first-order valence-electron chi connectivity index (χ1n) is 5.89. The molecule has 20 heavy (non-hydrogen) atoms. The van der Waals surface area contributed by atoms with Crippen LogP contribution in [-0.4, -0.2) is 26.6 Å². The van der Waals surface area contributed by atoms with E-state index in [1.807, 2.05) is 10.5 Å². The van der Waals surface area contributed by atoms with Crippen molar-refractivity contribution in [1.29, 1.82) is 0 Å². The smallest absolute Gasteiger partial charge is 0.203 e. The van der Waals surface area contributed by atoms with Gasteiger partial charge in [0.15, 0.2) is 5.82 Å². The number of anilines is 1. The highest BCUT2D eigenvalue weighted by Gasteiger charge is 2.11. The fraction of sp³-hybridized carbons (Fsp3) is 0.154. The van der Waals surface area contributed by atoms with Gasteiger partial charge in [0.1, 0.15) is 11.6 Å². The minimum Gasteiger partial charge on any atom is -0.370 e. The summed E-state index contributed by atoms with van der Waals surface area (Å²) in [5.41, 5.74) is 1.23. The molecule has 0 amide bonds. The van der Waals surface area contributed by atoms with Gasteiger partial charge in [-0.2, -0.15) is 0 Å². The predicted molar refractivity (Wildman–Crippen MR) is 76.8 cm³/mol. The second-order valence-electron chi connectivity index (χ2n) is 4.10. The standard InChI is InChI=1S/C13H12FN5.ClH/c1-15-12-13-18-17-11(19(13)7-6-16-12)8-9-4-2-3-5-10(9)14;/h2-7H,8H2,1H3,(H,15,16);1H. The number of fused-ring (bicyclic) bond motifs is 1. The summed E-state index contributed by atoms with van der Waals surface area (Å²) in [5, 5.41) is 11.1. The molecule has 0 aliphatic heterocycles. The topological polar surface area (TPSA) is 55.1 Å². The normalized spacial score (nSPS) is 10.3. The lowest BCUT2D eigenvalue weighted by molar-refractivity contribution is 0.611. The largest absolute Gasteiger partial charge is 0.370 e. The molecular weight excluding hydrogens is 281 g/mol. The Morgan fingerprint density at radius 1 is 1.25 bits per heavy atom. The number of rotatable bonds is 3. The maximum Gasteiger partial charge on any atom is 0.203 e. The summed E-state index contributed by atoms with van der Waals surface area (Å²) < 4.78 is 15.5. The molecule has 0 atom stereocenters. The van der Waals surface area contributed by atoms with E-state index in [1.165, 1.54) is 6.07 Å². The van der Waals surface area contributed by atoms with Crippen LogP contribution in [0.1, 0.15) is 11.4 Å². The molecule has 0 saturated carbocycles. The predicted octanol–water partition coefficient (Wildman–Crippen LogP) is 2.32. The quantitative estimate of drug-likeness (QED) is 0.805. The van der Waals surface area contributed by atoms with Crippen LogP contribution in [0.25, 0.3) is 5.65 Å². The van der Waals surface area contributed by atoms with E-state index in [-0.39, 0.29) is 18.2 Å². The molecule has 2 aromatic heterocycles.